The number of thioether (sulfide) groups is 1. The van der Waals surface area contributed by atoms with Crippen LogP contribution in [0.15, 0.2) is 82.6 Å². The number of carbonyl (C=O) groups excluding carboxylic acids is 4. The van der Waals surface area contributed by atoms with Gasteiger partial charge in [0.25, 0.3) is 0 Å². The first-order valence-electron chi connectivity index (χ1n) is 14.0. The van der Waals surface area contributed by atoms with E-state index in [-0.39, 0.29) is 30.2 Å². The first kappa shape index (κ1) is 30.2. The third-order valence-electron chi connectivity index (χ3n) is 7.63. The summed E-state index contributed by atoms with van der Waals surface area (Å²) in [6, 6.07) is 19.2. The fraction of sp³-hybridized carbons (Fsp3) is 0.219. The standard InChI is InChI=1S/C32H27N3O8S2/c1-3-43-31(40)17-8-12-19(13-9-17)35-28(38)25-24(21-6-4-5-7-22(21)36)27-30(44-26(25)29(35)39)34(32(41)45-27)16-23(37)33-18-10-14-20(42-2)15-11-18/h4-15,24-26,36H,3,16H2,1-2H3,(H,33,37)/t24-,25?,26?/m0/s1. The maximum atomic E-state index is 14.1. The van der Waals surface area contributed by atoms with Crippen molar-refractivity contribution in [1.82, 2.24) is 4.57 Å². The van der Waals surface area contributed by atoms with Gasteiger partial charge in [0.2, 0.25) is 17.7 Å². The van der Waals surface area contributed by atoms with Crippen molar-refractivity contribution in [2.24, 2.45) is 5.92 Å². The van der Waals surface area contributed by atoms with Gasteiger partial charge in [0.1, 0.15) is 23.3 Å². The molecule has 2 aliphatic rings. The van der Waals surface area contributed by atoms with Crippen LogP contribution in [0.5, 0.6) is 11.5 Å². The number of aromatic hydroxyl groups is 1. The number of rotatable bonds is 8. The number of benzene rings is 3. The zero-order valence-corrected chi connectivity index (χ0v) is 25.7. The fourth-order valence-corrected chi connectivity index (χ4v) is 8.34. The Morgan fingerprint density at radius 2 is 1.67 bits per heavy atom. The van der Waals surface area contributed by atoms with Gasteiger partial charge in [-0.15, -0.1) is 0 Å². The first-order valence-corrected chi connectivity index (χ1v) is 15.7. The van der Waals surface area contributed by atoms with Gasteiger partial charge in [-0.25, -0.2) is 9.69 Å². The van der Waals surface area contributed by atoms with Crippen LogP contribution >= 0.6 is 23.1 Å². The number of imide groups is 1. The molecule has 13 heteroatoms. The monoisotopic (exact) mass is 645 g/mol. The number of hydrogen-bond acceptors (Lipinski definition) is 10. The molecular formula is C32H27N3O8S2. The molecule has 2 unspecified atom stereocenters. The zero-order valence-electron chi connectivity index (χ0n) is 24.1. The number of fused-ring (bicyclic) bond motifs is 2. The highest BCUT2D eigenvalue weighted by molar-refractivity contribution is 8.00. The summed E-state index contributed by atoms with van der Waals surface area (Å²) >= 11 is 1.95. The predicted octanol–water partition coefficient (Wildman–Crippen LogP) is 4.24. The summed E-state index contributed by atoms with van der Waals surface area (Å²) in [6.45, 7) is 1.58. The molecule has 2 aliphatic heterocycles. The lowest BCUT2D eigenvalue weighted by Gasteiger charge is -2.31. The van der Waals surface area contributed by atoms with Crippen LogP contribution < -0.4 is 19.8 Å². The number of carbonyl (C=O) groups is 4. The van der Waals surface area contributed by atoms with Crippen LogP contribution in [0.2, 0.25) is 0 Å². The molecule has 0 spiro atoms. The Hall–Kier alpha value is -4.88. The van der Waals surface area contributed by atoms with Crippen molar-refractivity contribution in [3.8, 4) is 11.5 Å². The van der Waals surface area contributed by atoms with Gasteiger partial charge in [0.15, 0.2) is 0 Å². The number of phenols is 1. The van der Waals surface area contributed by atoms with Crippen molar-refractivity contribution < 1.29 is 33.8 Å². The van der Waals surface area contributed by atoms with Crippen molar-refractivity contribution in [3.05, 3.63) is 98.5 Å². The SMILES string of the molecule is CCOC(=O)c1ccc(N2C(=O)C3Sc4c(sc(=O)n4CC(=O)Nc4ccc(OC)cc4)[C@@H](c4ccccc4O)C3C2=O)cc1. The van der Waals surface area contributed by atoms with E-state index in [4.69, 9.17) is 9.47 Å². The highest BCUT2D eigenvalue weighted by Gasteiger charge is 2.57. The Morgan fingerprint density at radius 1 is 0.956 bits per heavy atom. The fourth-order valence-electron chi connectivity index (χ4n) is 5.57. The van der Waals surface area contributed by atoms with Crippen molar-refractivity contribution in [3.63, 3.8) is 0 Å². The van der Waals surface area contributed by atoms with Crippen molar-refractivity contribution >= 4 is 58.2 Å². The maximum Gasteiger partial charge on any atom is 0.338 e. The third-order valence-corrected chi connectivity index (χ3v) is 10.2. The number of hydrogen-bond donors (Lipinski definition) is 2. The lowest BCUT2D eigenvalue weighted by Crippen LogP contribution is -2.33. The molecule has 3 amide bonds. The van der Waals surface area contributed by atoms with Crippen LogP contribution in [0.25, 0.3) is 0 Å². The molecule has 230 valence electrons. The van der Waals surface area contributed by atoms with E-state index in [1.165, 1.54) is 42.0 Å². The van der Waals surface area contributed by atoms with E-state index in [2.05, 4.69) is 5.32 Å². The Bertz CT molecular complexity index is 1870. The van der Waals surface area contributed by atoms with Crippen LogP contribution in [0, 0.1) is 5.92 Å². The predicted molar refractivity (Wildman–Crippen MR) is 168 cm³/mol. The van der Waals surface area contributed by atoms with E-state index in [9.17, 15) is 29.1 Å². The molecule has 11 nitrogen and oxygen atoms in total. The molecule has 0 radical (unpaired) electrons. The number of anilines is 2. The molecule has 0 saturated carbocycles. The summed E-state index contributed by atoms with van der Waals surface area (Å²) in [5.41, 5.74) is 1.46. The number of thiazole rings is 1. The van der Waals surface area contributed by atoms with Crippen LogP contribution in [-0.2, 0) is 25.7 Å². The molecule has 1 aromatic heterocycles. The summed E-state index contributed by atoms with van der Waals surface area (Å²) in [5.74, 6) is -3.20. The third kappa shape index (κ3) is 5.49. The quantitative estimate of drug-likeness (QED) is 0.212. The lowest BCUT2D eigenvalue weighted by atomic mass is 9.82. The van der Waals surface area contributed by atoms with E-state index in [1.54, 1.807) is 49.4 Å². The summed E-state index contributed by atoms with van der Waals surface area (Å²) in [6.07, 6.45) is 0. The zero-order chi connectivity index (χ0) is 31.8. The lowest BCUT2D eigenvalue weighted by molar-refractivity contribution is -0.122. The molecule has 3 atom stereocenters. The summed E-state index contributed by atoms with van der Waals surface area (Å²) < 4.78 is 11.5. The second kappa shape index (κ2) is 12.3. The molecule has 1 saturated heterocycles. The highest BCUT2D eigenvalue weighted by atomic mass is 32.2. The number of ether oxygens (including phenoxy) is 2. The Morgan fingerprint density at radius 3 is 2.33 bits per heavy atom. The number of phenolic OH excluding ortho intramolecular Hbond substituents is 1. The molecule has 1 fully saturated rings. The summed E-state index contributed by atoms with van der Waals surface area (Å²) in [7, 11) is 1.54. The number of nitrogens with one attached hydrogen (secondary N) is 1. The highest BCUT2D eigenvalue weighted by Crippen LogP contribution is 2.55. The number of aromatic nitrogens is 1. The van der Waals surface area contributed by atoms with Gasteiger partial charge in [0.05, 0.1) is 35.9 Å². The average Bonchev–Trinajstić information content (AvgIpc) is 3.48. The van der Waals surface area contributed by atoms with Crippen LogP contribution in [-0.4, -0.2) is 52.3 Å². The smallest absolute Gasteiger partial charge is 0.338 e. The maximum absolute atomic E-state index is 14.1. The molecule has 0 aliphatic carbocycles. The molecule has 4 aromatic rings. The normalized spacial score (nSPS) is 18.7. The molecule has 45 heavy (non-hydrogen) atoms. The molecule has 3 heterocycles. The number of nitrogens with zero attached hydrogens (tertiary/aromatic N) is 2. The van der Waals surface area contributed by atoms with Crippen molar-refractivity contribution in [1.29, 1.82) is 0 Å². The van der Waals surface area contributed by atoms with Crippen molar-refractivity contribution in [2.75, 3.05) is 23.9 Å². The van der Waals surface area contributed by atoms with Gasteiger partial charge >= 0.3 is 10.8 Å². The van der Waals surface area contributed by atoms with Gasteiger partial charge in [-0.3, -0.25) is 23.7 Å². The minimum Gasteiger partial charge on any atom is -0.508 e. The largest absolute Gasteiger partial charge is 0.508 e. The molecule has 6 rings (SSSR count). The number of para-hydroxylation sites is 1. The summed E-state index contributed by atoms with van der Waals surface area (Å²) in [5, 5.41) is 13.1. The van der Waals surface area contributed by atoms with Crippen LogP contribution in [0.3, 0.4) is 0 Å². The van der Waals surface area contributed by atoms with Crippen molar-refractivity contribution in [2.45, 2.75) is 29.7 Å². The van der Waals surface area contributed by atoms with Gasteiger partial charge < -0.3 is 19.9 Å². The Labute approximate surface area is 265 Å². The number of esters is 1. The van der Waals surface area contributed by atoms with E-state index in [1.807, 2.05) is 0 Å². The van der Waals surface area contributed by atoms with Gasteiger partial charge in [-0.1, -0.05) is 41.3 Å². The topological polar surface area (TPSA) is 144 Å². The molecule has 0 bridgehead atoms. The first-order chi connectivity index (χ1) is 21.7. The summed E-state index contributed by atoms with van der Waals surface area (Å²) in [4.78, 5) is 67.7. The van der Waals surface area contributed by atoms with Crippen LogP contribution in [0.1, 0.15) is 33.6 Å². The number of methoxy groups -OCH3 is 1. The second-order valence-electron chi connectivity index (χ2n) is 10.3. The van der Waals surface area contributed by atoms with Gasteiger partial charge in [0, 0.05) is 22.0 Å². The van der Waals surface area contributed by atoms with E-state index in [0.29, 0.717) is 26.9 Å². The van der Waals surface area contributed by atoms with E-state index in [0.717, 1.165) is 28.0 Å². The Kier molecular flexibility index (Phi) is 8.21. The Balaban J connectivity index is 1.36. The molecule has 3 aromatic carbocycles. The molecular weight excluding hydrogens is 618 g/mol. The minimum atomic E-state index is -0.941. The van der Waals surface area contributed by atoms with E-state index >= 15 is 0 Å². The number of amides is 3. The van der Waals surface area contributed by atoms with Gasteiger partial charge in [-0.2, -0.15) is 0 Å². The van der Waals surface area contributed by atoms with Gasteiger partial charge in [-0.05, 0) is 61.5 Å². The average molecular weight is 646 g/mol. The minimum absolute atomic E-state index is 0.0822. The second-order valence-corrected chi connectivity index (χ2v) is 12.4. The molecule has 2 N–H and O–H groups in total. The van der Waals surface area contributed by atoms with E-state index < -0.39 is 45.6 Å². The van der Waals surface area contributed by atoms with Crippen LogP contribution in [0.4, 0.5) is 11.4 Å².